The first-order chi connectivity index (χ1) is 39.6. The molecule has 0 aliphatic rings. The molecule has 0 heterocycles. The van der Waals surface area contributed by atoms with E-state index in [-0.39, 0.29) is 5.41 Å². The topological polar surface area (TPSA) is 26.0 Å². The monoisotopic (exact) mass is 1460 g/mol. The molecule has 0 aliphatic heterocycles. The molecule has 0 aromatic heterocycles. The molecule has 0 amide bonds. The number of hydrogen-bond acceptors (Lipinski definition) is 1. The second-order valence-electron chi connectivity index (χ2n) is 19.6. The molecule has 0 bridgehead atoms. The van der Waals surface area contributed by atoms with Crippen LogP contribution in [0, 0.1) is 7.14 Å². The number of anilines is 1. The predicted molar refractivity (Wildman–Crippen MR) is 367 cm³/mol. The molecule has 1 nitrogen and oxygen atoms in total. The molecule has 2 N–H and O–H groups in total. The number of rotatable bonds is 12. The van der Waals surface area contributed by atoms with Crippen LogP contribution in [0.1, 0.15) is 66.8 Å². The van der Waals surface area contributed by atoms with Gasteiger partial charge in [0.15, 0.2) is 0 Å². The average Bonchev–Trinajstić information content (AvgIpc) is 3.62. The van der Waals surface area contributed by atoms with Crippen molar-refractivity contribution in [2.75, 3.05) is 5.73 Å². The van der Waals surface area contributed by atoms with Crippen molar-refractivity contribution in [2.24, 2.45) is 0 Å². The molecule has 12 aromatic carbocycles. The van der Waals surface area contributed by atoms with E-state index in [0.29, 0.717) is 0 Å². The summed E-state index contributed by atoms with van der Waals surface area (Å²) in [6.07, 6.45) is 0. The lowest BCUT2D eigenvalue weighted by atomic mass is 9.65. The van der Waals surface area contributed by atoms with Gasteiger partial charge >= 0.3 is 0 Å². The quantitative estimate of drug-likeness (QED) is 0.0736. The fourth-order valence-corrected chi connectivity index (χ4v) is 12.9. The Morgan fingerprint density at radius 1 is 0.198 bits per heavy atom. The van der Waals surface area contributed by atoms with Crippen LogP contribution in [0.3, 0.4) is 0 Å². The molecule has 0 aliphatic carbocycles. The van der Waals surface area contributed by atoms with Gasteiger partial charge in [-0.3, -0.25) is 0 Å². The van der Waals surface area contributed by atoms with Crippen LogP contribution < -0.4 is 5.73 Å². The largest absolute Gasteiger partial charge is 0.399 e. The third-order valence-electron chi connectivity index (χ3n) is 15.0. The fraction of sp³-hybridized carbons (Fsp3) is 0.0400. The third kappa shape index (κ3) is 12.4. The van der Waals surface area contributed by atoms with Gasteiger partial charge in [0.05, 0.1) is 16.2 Å². The standard InChI is InChI=1S/C25H16Br3I.C25H19I.C25H21N/c26-21-9-1-17(2-10-21)25(18-3-11-22(27)12-4-18,19-5-13-23(28)14-6-19)20-7-15-24(29)16-8-20;2*26-24-18-16-23(17-19-24)25(20-10-4-1-5-11-20,21-12-6-2-7-13-21)22-14-8-3-9-15-22/h1-16H;1-19H;1-19H,26H2. The number of benzene rings is 12. The summed E-state index contributed by atoms with van der Waals surface area (Å²) in [6.45, 7) is 0. The Labute approximate surface area is 530 Å². The van der Waals surface area contributed by atoms with Gasteiger partial charge in [-0.2, -0.15) is 0 Å². The lowest BCUT2D eigenvalue weighted by Crippen LogP contribution is -2.31. The summed E-state index contributed by atoms with van der Waals surface area (Å²) in [5.41, 5.74) is 20.6. The lowest BCUT2D eigenvalue weighted by Gasteiger charge is -2.37. The van der Waals surface area contributed by atoms with E-state index in [4.69, 9.17) is 5.73 Å². The van der Waals surface area contributed by atoms with Gasteiger partial charge in [-0.25, -0.2) is 0 Å². The van der Waals surface area contributed by atoms with E-state index in [1.807, 2.05) is 12.1 Å². The Morgan fingerprint density at radius 3 is 0.531 bits per heavy atom. The van der Waals surface area contributed by atoms with Crippen LogP contribution in [-0.4, -0.2) is 0 Å². The molecule has 0 unspecified atom stereocenters. The van der Waals surface area contributed by atoms with E-state index >= 15 is 0 Å². The summed E-state index contributed by atoms with van der Waals surface area (Å²) in [6, 6.07) is 116. The maximum atomic E-state index is 5.99. The van der Waals surface area contributed by atoms with Crippen LogP contribution in [-0.2, 0) is 16.2 Å². The van der Waals surface area contributed by atoms with Gasteiger partial charge in [0, 0.05) is 26.2 Å². The zero-order valence-corrected chi connectivity index (χ0v) is 53.2. The van der Waals surface area contributed by atoms with E-state index < -0.39 is 10.8 Å². The zero-order valence-electron chi connectivity index (χ0n) is 44.1. The molecule has 0 atom stereocenters. The minimum Gasteiger partial charge on any atom is -0.399 e. The van der Waals surface area contributed by atoms with Crippen LogP contribution in [0.5, 0.6) is 0 Å². The summed E-state index contributed by atoms with van der Waals surface area (Å²) in [5.74, 6) is 0. The van der Waals surface area contributed by atoms with Crippen molar-refractivity contribution in [3.05, 3.63) is 415 Å². The van der Waals surface area contributed by atoms with Crippen LogP contribution >= 0.6 is 93.0 Å². The van der Waals surface area contributed by atoms with Crippen LogP contribution in [0.15, 0.2) is 341 Å². The molecule has 0 spiro atoms. The number of nitrogens with two attached hydrogens (primary N) is 1. The molecule has 12 rings (SSSR count). The number of hydrogen-bond donors (Lipinski definition) is 1. The van der Waals surface area contributed by atoms with E-state index in [1.165, 1.54) is 73.9 Å². The highest BCUT2D eigenvalue weighted by Crippen LogP contribution is 2.48. The van der Waals surface area contributed by atoms with Crippen molar-refractivity contribution in [1.29, 1.82) is 0 Å². The first kappa shape index (κ1) is 57.6. The molecule has 0 radical (unpaired) electrons. The molecule has 0 fully saturated rings. The highest BCUT2D eigenvalue weighted by molar-refractivity contribution is 14.1. The summed E-state index contributed by atoms with van der Waals surface area (Å²) in [5, 5.41) is 0. The molecule has 12 aromatic rings. The maximum absolute atomic E-state index is 5.99. The van der Waals surface area contributed by atoms with E-state index in [1.54, 1.807) is 0 Å². The Kier molecular flexibility index (Phi) is 19.2. The SMILES string of the molecule is Brc1ccc(C(c2ccc(Br)cc2)(c2ccc(Br)cc2)c2ccc(I)cc2)cc1.Ic1ccc(C(c2ccccc2)(c2ccccc2)c2ccccc2)cc1.Nc1ccc(C(c2ccccc2)(c2ccccc2)c2ccccc2)cc1. The van der Waals surface area contributed by atoms with Gasteiger partial charge in [0.2, 0.25) is 0 Å². The van der Waals surface area contributed by atoms with Crippen molar-refractivity contribution in [3.8, 4) is 0 Å². The summed E-state index contributed by atoms with van der Waals surface area (Å²) in [7, 11) is 0. The maximum Gasteiger partial charge on any atom is 0.0701 e. The van der Waals surface area contributed by atoms with Gasteiger partial charge in [0.25, 0.3) is 0 Å². The highest BCUT2D eigenvalue weighted by Gasteiger charge is 2.41. The first-order valence-corrected chi connectivity index (χ1v) is 31.2. The summed E-state index contributed by atoms with van der Waals surface area (Å²) >= 11 is 15.5. The molecular weight excluding hydrogens is 1410 g/mol. The molecular formula is C75H56Br3I2N. The van der Waals surface area contributed by atoms with Crippen molar-refractivity contribution in [2.45, 2.75) is 16.2 Å². The molecule has 0 saturated heterocycles. The van der Waals surface area contributed by atoms with Crippen LogP contribution in [0.4, 0.5) is 5.69 Å². The van der Waals surface area contributed by atoms with Crippen molar-refractivity contribution < 1.29 is 0 Å². The van der Waals surface area contributed by atoms with Crippen molar-refractivity contribution in [1.82, 2.24) is 0 Å². The average molecular weight is 1460 g/mol. The Bertz CT molecular complexity index is 3300. The molecule has 6 heteroatoms. The minimum absolute atomic E-state index is 0.339. The number of nitrogen functional groups attached to an aromatic ring is 1. The van der Waals surface area contributed by atoms with Crippen LogP contribution in [0.25, 0.3) is 0 Å². The van der Waals surface area contributed by atoms with E-state index in [9.17, 15) is 0 Å². The van der Waals surface area contributed by atoms with Gasteiger partial charge in [0.1, 0.15) is 0 Å². The summed E-state index contributed by atoms with van der Waals surface area (Å²) in [4.78, 5) is 0. The Hall–Kier alpha value is -6.66. The van der Waals surface area contributed by atoms with Crippen molar-refractivity contribution >= 4 is 98.7 Å². The fourth-order valence-electron chi connectivity index (χ4n) is 11.4. The Morgan fingerprint density at radius 2 is 0.346 bits per heavy atom. The van der Waals surface area contributed by atoms with Crippen LogP contribution in [0.2, 0.25) is 0 Å². The second-order valence-corrected chi connectivity index (χ2v) is 24.8. The van der Waals surface area contributed by atoms with Crippen molar-refractivity contribution in [3.63, 3.8) is 0 Å². The second kappa shape index (κ2) is 26.9. The normalized spacial score (nSPS) is 11.3. The first-order valence-electron chi connectivity index (χ1n) is 26.6. The summed E-state index contributed by atoms with van der Waals surface area (Å²) < 4.78 is 5.69. The third-order valence-corrected chi connectivity index (χ3v) is 18.0. The van der Waals surface area contributed by atoms with Gasteiger partial charge in [-0.1, -0.05) is 303 Å². The zero-order chi connectivity index (χ0) is 56.1. The lowest BCUT2D eigenvalue weighted by molar-refractivity contribution is 0.744. The smallest absolute Gasteiger partial charge is 0.0701 e. The highest BCUT2D eigenvalue weighted by atomic mass is 127. The minimum atomic E-state index is -0.424. The predicted octanol–water partition coefficient (Wildman–Crippen LogP) is 21.3. The number of halogens is 5. The van der Waals surface area contributed by atoms with Gasteiger partial charge < -0.3 is 5.73 Å². The molecule has 0 saturated carbocycles. The molecule has 396 valence electrons. The van der Waals surface area contributed by atoms with Gasteiger partial charge in [-0.05, 0) is 185 Å². The molecule has 81 heavy (non-hydrogen) atoms. The van der Waals surface area contributed by atoms with Gasteiger partial charge in [-0.15, -0.1) is 0 Å². The van der Waals surface area contributed by atoms with E-state index in [2.05, 4.69) is 408 Å². The van der Waals surface area contributed by atoms with E-state index in [0.717, 1.165) is 19.1 Å². The Balaban J connectivity index is 0.000000137.